The number of benzene rings is 5. The van der Waals surface area contributed by atoms with E-state index in [1.165, 1.54) is 25.0 Å². The number of hydrogen-bond donors (Lipinski definition) is 3. The van der Waals surface area contributed by atoms with Gasteiger partial charge in [-0.05, 0) is 144 Å². The van der Waals surface area contributed by atoms with Crippen LogP contribution in [-0.4, -0.2) is 92.2 Å². The third-order valence-corrected chi connectivity index (χ3v) is 14.3. The number of carbonyl (C=O) groups excluding carboxylic acids is 1. The van der Waals surface area contributed by atoms with E-state index in [9.17, 15) is 23.3 Å². The third kappa shape index (κ3) is 12.2. The normalized spacial score (nSPS) is 13.2. The van der Waals surface area contributed by atoms with Gasteiger partial charge >= 0.3 is 0 Å². The van der Waals surface area contributed by atoms with Crippen molar-refractivity contribution in [2.24, 2.45) is 7.05 Å². The summed E-state index contributed by atoms with van der Waals surface area (Å²) in [6.07, 6.45) is 3.09. The largest absolute Gasteiger partial charge is 0.376 e. The lowest BCUT2D eigenvalue weighted by Gasteiger charge is -2.22. The predicted molar refractivity (Wildman–Crippen MR) is 268 cm³/mol. The van der Waals surface area contributed by atoms with Gasteiger partial charge in [-0.1, -0.05) is 65.9 Å². The van der Waals surface area contributed by atoms with E-state index in [1.54, 1.807) is 36.0 Å². The zero-order valence-electron chi connectivity index (χ0n) is 37.5. The molecule has 5 aromatic carbocycles. The molecule has 0 saturated carbocycles. The molecule has 1 saturated heterocycles. The molecule has 1 aromatic heterocycles. The highest BCUT2D eigenvalue weighted by molar-refractivity contribution is 7.99. The molecule has 1 aliphatic heterocycles. The van der Waals surface area contributed by atoms with Crippen LogP contribution in [0.4, 0.5) is 17.1 Å². The van der Waals surface area contributed by atoms with Crippen LogP contribution < -0.4 is 15.4 Å². The van der Waals surface area contributed by atoms with Crippen molar-refractivity contribution in [3.8, 4) is 34.2 Å². The minimum atomic E-state index is -4.20. The molecule has 2 heterocycles. The molecule has 15 heteroatoms. The molecule has 1 fully saturated rings. The highest BCUT2D eigenvalue weighted by Crippen LogP contribution is 2.39. The number of nitrogens with zero attached hydrogens (tertiary/aromatic N) is 4. The summed E-state index contributed by atoms with van der Waals surface area (Å²) in [7, 11) is 1.71. The maximum absolute atomic E-state index is 14.0. The van der Waals surface area contributed by atoms with Crippen molar-refractivity contribution in [2.45, 2.75) is 42.0 Å². The Hall–Kier alpha value is -6.08. The molecule has 342 valence electrons. The second kappa shape index (κ2) is 21.9. The first-order valence-electron chi connectivity index (χ1n) is 21.8. The molecule has 0 unspecified atom stereocenters. The maximum Gasteiger partial charge on any atom is 0.293 e. The summed E-state index contributed by atoms with van der Waals surface area (Å²) < 4.78 is 31.8. The smallest absolute Gasteiger partial charge is 0.293 e. The summed E-state index contributed by atoms with van der Waals surface area (Å²) in [6.45, 7) is 6.19. The fourth-order valence-electron chi connectivity index (χ4n) is 7.96. The number of hydrogen-bond acceptors (Lipinski definition) is 9. The number of carbonyl (C=O) groups is 1. The van der Waals surface area contributed by atoms with Gasteiger partial charge in [-0.3, -0.25) is 19.6 Å². The van der Waals surface area contributed by atoms with Crippen LogP contribution in [0.1, 0.15) is 46.4 Å². The summed E-state index contributed by atoms with van der Waals surface area (Å²) in [4.78, 5) is 31.0. The van der Waals surface area contributed by atoms with Gasteiger partial charge < -0.3 is 25.0 Å². The Morgan fingerprint density at radius 3 is 2.30 bits per heavy atom. The lowest BCUT2D eigenvalue weighted by Crippen LogP contribution is -2.33. The molecule has 6 aromatic rings. The summed E-state index contributed by atoms with van der Waals surface area (Å²) in [6, 6.07) is 35.7. The summed E-state index contributed by atoms with van der Waals surface area (Å²) >= 11 is 7.93. The molecule has 1 atom stereocenters. The zero-order chi connectivity index (χ0) is 46.8. The average molecular weight is 945 g/mol. The quantitative estimate of drug-likeness (QED) is 0.0332. The van der Waals surface area contributed by atoms with E-state index in [0.29, 0.717) is 28.4 Å². The number of nitro benzene ring substituents is 1. The van der Waals surface area contributed by atoms with Crippen LogP contribution in [-0.2, 0) is 17.1 Å². The molecule has 12 nitrogen and oxygen atoms in total. The van der Waals surface area contributed by atoms with Gasteiger partial charge in [0.15, 0.2) is 0 Å². The van der Waals surface area contributed by atoms with Crippen molar-refractivity contribution in [3.63, 3.8) is 0 Å². The SMILES string of the molecule is Cc1c(C(=O)NCCN2CCCC2)c(-c2cccc(C#Cc3ccc(NS(=O)(=O)c4ccc(N[C@H](CCN(C)C)CSc5ccccc5)c([N+](=O)[O-])c4)cc3)c2)c(-c2ccc(Cl)cc2)n1C. The van der Waals surface area contributed by atoms with Gasteiger partial charge in [0.05, 0.1) is 21.1 Å². The second-order valence-corrected chi connectivity index (χ2v) is 19.8. The highest BCUT2D eigenvalue weighted by atomic mass is 35.5. The van der Waals surface area contributed by atoms with Gasteiger partial charge in [0, 0.05) is 76.0 Å². The van der Waals surface area contributed by atoms with E-state index < -0.39 is 14.9 Å². The minimum absolute atomic E-state index is 0.121. The van der Waals surface area contributed by atoms with Crippen LogP contribution in [0.2, 0.25) is 5.02 Å². The molecule has 0 spiro atoms. The Morgan fingerprint density at radius 2 is 1.61 bits per heavy atom. The minimum Gasteiger partial charge on any atom is -0.376 e. The average Bonchev–Trinajstić information content (AvgIpc) is 3.92. The lowest BCUT2D eigenvalue weighted by atomic mass is 9.95. The van der Waals surface area contributed by atoms with E-state index in [0.717, 1.165) is 77.2 Å². The first kappa shape index (κ1) is 47.9. The van der Waals surface area contributed by atoms with Gasteiger partial charge in [0.1, 0.15) is 5.69 Å². The molecule has 3 N–H and O–H groups in total. The van der Waals surface area contributed by atoms with E-state index in [4.69, 9.17) is 11.6 Å². The molecule has 7 rings (SSSR count). The maximum atomic E-state index is 14.0. The number of nitro groups is 1. The zero-order valence-corrected chi connectivity index (χ0v) is 39.9. The second-order valence-electron chi connectivity index (χ2n) is 16.6. The number of thioether (sulfide) groups is 1. The van der Waals surface area contributed by atoms with Crippen molar-refractivity contribution < 1.29 is 18.1 Å². The summed E-state index contributed by atoms with van der Waals surface area (Å²) in [5.74, 6) is 6.94. The van der Waals surface area contributed by atoms with Crippen LogP contribution in [0, 0.1) is 28.9 Å². The topological polar surface area (TPSA) is 142 Å². The van der Waals surface area contributed by atoms with E-state index in [2.05, 4.69) is 37.0 Å². The van der Waals surface area contributed by atoms with Crippen molar-refractivity contribution in [3.05, 3.63) is 159 Å². The Morgan fingerprint density at radius 1 is 0.894 bits per heavy atom. The Balaban J connectivity index is 1.08. The van der Waals surface area contributed by atoms with Gasteiger partial charge in [-0.15, -0.1) is 11.8 Å². The molecular weight excluding hydrogens is 890 g/mol. The van der Waals surface area contributed by atoms with Gasteiger partial charge in [-0.2, -0.15) is 0 Å². The molecule has 66 heavy (non-hydrogen) atoms. The van der Waals surface area contributed by atoms with Gasteiger partial charge in [0.2, 0.25) is 0 Å². The van der Waals surface area contributed by atoms with Crippen molar-refractivity contribution in [2.75, 3.05) is 62.6 Å². The number of nitrogens with one attached hydrogen (secondary N) is 3. The van der Waals surface area contributed by atoms with Gasteiger partial charge in [-0.25, -0.2) is 8.42 Å². The lowest BCUT2D eigenvalue weighted by molar-refractivity contribution is -0.384. The highest BCUT2D eigenvalue weighted by Gasteiger charge is 2.27. The standard InChI is InChI=1S/C51H54ClN7O5S2/c1-36-48(51(60)53-28-32-58-29-8-9-30-58)49(50(57(36)4)39-19-21-41(52)22-20-39)40-12-10-11-38(33-40)16-15-37-17-23-42(24-18-37)55-66(63,64)45-25-26-46(47(34-45)59(61)62)54-43(27-31-56(2)3)35-65-44-13-6-5-7-14-44/h5-7,10-14,17-26,33-34,43,54-55H,8-9,27-32,35H2,1-4H3,(H,53,60)/t43-/m1/s1. The molecule has 0 bridgehead atoms. The monoisotopic (exact) mass is 943 g/mol. The third-order valence-electron chi connectivity index (χ3n) is 11.5. The Labute approximate surface area is 397 Å². The Kier molecular flexibility index (Phi) is 15.9. The molecule has 0 radical (unpaired) electrons. The first-order chi connectivity index (χ1) is 31.8. The number of aromatic nitrogens is 1. The van der Waals surface area contributed by atoms with Crippen LogP contribution in [0.15, 0.2) is 131 Å². The number of halogens is 1. The fraction of sp³-hybridized carbons (Fsp3) is 0.275. The number of amides is 1. The molecular formula is C51H54ClN7O5S2. The first-order valence-corrected chi connectivity index (χ1v) is 24.7. The number of sulfonamides is 1. The van der Waals surface area contributed by atoms with Crippen LogP contribution >= 0.6 is 23.4 Å². The number of anilines is 2. The van der Waals surface area contributed by atoms with Crippen molar-refractivity contribution >= 4 is 56.4 Å². The van der Waals surface area contributed by atoms with Crippen LogP contribution in [0.3, 0.4) is 0 Å². The van der Waals surface area contributed by atoms with Crippen LogP contribution in [0.5, 0.6) is 0 Å². The predicted octanol–water partition coefficient (Wildman–Crippen LogP) is 9.78. The van der Waals surface area contributed by atoms with Crippen LogP contribution in [0.25, 0.3) is 22.4 Å². The van der Waals surface area contributed by atoms with E-state index in [1.807, 2.05) is 111 Å². The number of rotatable bonds is 18. The summed E-state index contributed by atoms with van der Waals surface area (Å²) in [5.41, 5.74) is 6.43. The molecule has 0 aliphatic carbocycles. The van der Waals surface area contributed by atoms with Crippen molar-refractivity contribution in [1.29, 1.82) is 0 Å². The van der Waals surface area contributed by atoms with E-state index >= 15 is 0 Å². The van der Waals surface area contributed by atoms with Gasteiger partial charge in [0.25, 0.3) is 21.6 Å². The molecule has 1 amide bonds. The Bertz CT molecular complexity index is 2840. The number of likely N-dealkylation sites (tertiary alicyclic amines) is 1. The van der Waals surface area contributed by atoms with E-state index in [-0.39, 0.29) is 33.9 Å². The molecule has 1 aliphatic rings. The fourth-order valence-corrected chi connectivity index (χ4v) is 10.2. The summed E-state index contributed by atoms with van der Waals surface area (Å²) in [5, 5.41) is 19.4. The van der Waals surface area contributed by atoms with Crippen molar-refractivity contribution in [1.82, 2.24) is 19.7 Å².